The molecule has 0 saturated carbocycles. The number of methoxy groups -OCH3 is 1. The average molecular weight is 297 g/mol. The first-order valence-corrected chi connectivity index (χ1v) is 6.36. The summed E-state index contributed by atoms with van der Waals surface area (Å²) in [6, 6.07) is 5.65. The van der Waals surface area contributed by atoms with Crippen LogP contribution >= 0.6 is 0 Å². The predicted octanol–water partition coefficient (Wildman–Crippen LogP) is 3.67. The molecule has 3 nitrogen and oxygen atoms in total. The van der Waals surface area contributed by atoms with E-state index in [1.54, 1.807) is 19.1 Å². The molecule has 1 aromatic carbocycles. The van der Waals surface area contributed by atoms with Gasteiger partial charge in [-0.2, -0.15) is 13.2 Å². The highest BCUT2D eigenvalue weighted by Crippen LogP contribution is 2.35. The summed E-state index contributed by atoms with van der Waals surface area (Å²) in [5.74, 6) is -0.399. The van der Waals surface area contributed by atoms with Crippen molar-refractivity contribution in [1.29, 1.82) is 0 Å². The molecule has 0 aliphatic heterocycles. The molecule has 0 spiro atoms. The fourth-order valence-electron chi connectivity index (χ4n) is 2.24. The van der Waals surface area contributed by atoms with Gasteiger partial charge in [0.15, 0.2) is 0 Å². The lowest BCUT2D eigenvalue weighted by Gasteiger charge is -2.13. The zero-order chi connectivity index (χ0) is 15.6. The van der Waals surface area contributed by atoms with Gasteiger partial charge in [0.25, 0.3) is 0 Å². The van der Waals surface area contributed by atoms with E-state index in [0.717, 1.165) is 6.07 Å². The standard InChI is InChI=1S/C15H14F3NO2/c1-9-8-10(6-7-13(20)21-2)11-4-3-5-12(14(11)19-9)15(16,17)18/h3-5,8H,6-7H2,1-2H3. The number of para-hydroxylation sites is 1. The number of nitrogens with zero attached hydrogens (tertiary/aromatic N) is 1. The predicted molar refractivity (Wildman–Crippen MR) is 71.8 cm³/mol. The third kappa shape index (κ3) is 3.32. The molecule has 0 amide bonds. The molecule has 0 bridgehead atoms. The number of carbonyl (C=O) groups excluding carboxylic acids is 1. The molecular formula is C15H14F3NO2. The highest BCUT2D eigenvalue weighted by Gasteiger charge is 2.33. The number of hydrogen-bond donors (Lipinski definition) is 0. The second-order valence-electron chi connectivity index (χ2n) is 4.70. The van der Waals surface area contributed by atoms with Crippen molar-refractivity contribution in [2.24, 2.45) is 0 Å². The fourth-order valence-corrected chi connectivity index (χ4v) is 2.24. The van der Waals surface area contributed by atoms with E-state index in [1.807, 2.05) is 0 Å². The lowest BCUT2D eigenvalue weighted by Crippen LogP contribution is -2.08. The van der Waals surface area contributed by atoms with Gasteiger partial charge in [-0.25, -0.2) is 0 Å². The van der Waals surface area contributed by atoms with Gasteiger partial charge in [-0.05, 0) is 31.0 Å². The first-order valence-electron chi connectivity index (χ1n) is 6.36. The van der Waals surface area contributed by atoms with Gasteiger partial charge < -0.3 is 4.74 Å². The number of benzene rings is 1. The van der Waals surface area contributed by atoms with E-state index in [9.17, 15) is 18.0 Å². The summed E-state index contributed by atoms with van der Waals surface area (Å²) in [4.78, 5) is 15.2. The highest BCUT2D eigenvalue weighted by molar-refractivity contribution is 5.86. The molecule has 2 aromatic rings. The Bertz CT molecular complexity index is 680. The van der Waals surface area contributed by atoms with Crippen LogP contribution in [0.1, 0.15) is 23.2 Å². The fraction of sp³-hybridized carbons (Fsp3) is 0.333. The molecule has 0 radical (unpaired) electrons. The SMILES string of the molecule is COC(=O)CCc1cc(C)nc2c(C(F)(F)F)cccc12. The van der Waals surface area contributed by atoms with E-state index in [1.165, 1.54) is 13.2 Å². The second-order valence-corrected chi connectivity index (χ2v) is 4.70. The van der Waals surface area contributed by atoms with E-state index < -0.39 is 17.7 Å². The monoisotopic (exact) mass is 297 g/mol. The summed E-state index contributed by atoms with van der Waals surface area (Å²) in [7, 11) is 1.28. The van der Waals surface area contributed by atoms with Gasteiger partial charge in [0.1, 0.15) is 0 Å². The summed E-state index contributed by atoms with van der Waals surface area (Å²) >= 11 is 0. The van der Waals surface area contributed by atoms with Gasteiger partial charge in [0, 0.05) is 17.5 Å². The van der Waals surface area contributed by atoms with Crippen LogP contribution in [0.3, 0.4) is 0 Å². The average Bonchev–Trinajstić information content (AvgIpc) is 2.42. The molecule has 0 aliphatic carbocycles. The molecule has 0 fully saturated rings. The van der Waals surface area contributed by atoms with Crippen LogP contribution in [-0.2, 0) is 22.1 Å². The van der Waals surface area contributed by atoms with Crippen molar-refractivity contribution >= 4 is 16.9 Å². The molecule has 0 unspecified atom stereocenters. The zero-order valence-corrected chi connectivity index (χ0v) is 11.6. The molecular weight excluding hydrogens is 283 g/mol. The van der Waals surface area contributed by atoms with Crippen LogP contribution in [0.15, 0.2) is 24.3 Å². The van der Waals surface area contributed by atoms with Crippen LogP contribution in [0.2, 0.25) is 0 Å². The Kier molecular flexibility index (Phi) is 4.16. The van der Waals surface area contributed by atoms with Crippen LogP contribution in [0.4, 0.5) is 13.2 Å². The number of rotatable bonds is 3. The summed E-state index contributed by atoms with van der Waals surface area (Å²) in [5.41, 5.74) is 0.306. The largest absolute Gasteiger partial charge is 0.469 e. The molecule has 0 aliphatic rings. The number of carbonyl (C=O) groups is 1. The summed E-state index contributed by atoms with van der Waals surface area (Å²) in [6.45, 7) is 1.63. The number of hydrogen-bond acceptors (Lipinski definition) is 3. The Balaban J connectivity index is 2.55. The maximum atomic E-state index is 13.0. The van der Waals surface area contributed by atoms with Crippen LogP contribution in [0.25, 0.3) is 10.9 Å². The Morgan fingerprint density at radius 3 is 2.67 bits per heavy atom. The third-order valence-electron chi connectivity index (χ3n) is 3.18. The number of halogens is 3. The molecule has 1 heterocycles. The first-order chi connectivity index (χ1) is 9.82. The Labute approximate surface area is 119 Å². The molecule has 2 rings (SSSR count). The Morgan fingerprint density at radius 2 is 2.05 bits per heavy atom. The van der Waals surface area contributed by atoms with Crippen molar-refractivity contribution in [2.75, 3.05) is 7.11 Å². The van der Waals surface area contributed by atoms with E-state index in [0.29, 0.717) is 23.1 Å². The van der Waals surface area contributed by atoms with Crippen molar-refractivity contribution in [3.8, 4) is 0 Å². The molecule has 0 N–H and O–H groups in total. The number of ether oxygens (including phenoxy) is 1. The van der Waals surface area contributed by atoms with Crippen molar-refractivity contribution in [3.63, 3.8) is 0 Å². The number of alkyl halides is 3. The van der Waals surface area contributed by atoms with Crippen LogP contribution in [0, 0.1) is 6.92 Å². The normalized spacial score (nSPS) is 11.7. The third-order valence-corrected chi connectivity index (χ3v) is 3.18. The minimum absolute atomic E-state index is 0.0788. The number of esters is 1. The lowest BCUT2D eigenvalue weighted by molar-refractivity contribution is -0.140. The van der Waals surface area contributed by atoms with Crippen molar-refractivity contribution in [1.82, 2.24) is 4.98 Å². The van der Waals surface area contributed by atoms with E-state index in [-0.39, 0.29) is 11.9 Å². The van der Waals surface area contributed by atoms with Crippen molar-refractivity contribution < 1.29 is 22.7 Å². The number of aromatic nitrogens is 1. The van der Waals surface area contributed by atoms with E-state index in [2.05, 4.69) is 9.72 Å². The summed E-state index contributed by atoms with van der Waals surface area (Å²) < 4.78 is 43.7. The first kappa shape index (κ1) is 15.3. The number of aryl methyl sites for hydroxylation is 2. The molecule has 112 valence electrons. The van der Waals surface area contributed by atoms with Gasteiger partial charge in [-0.3, -0.25) is 9.78 Å². The van der Waals surface area contributed by atoms with Gasteiger partial charge in [-0.15, -0.1) is 0 Å². The van der Waals surface area contributed by atoms with Gasteiger partial charge in [0.2, 0.25) is 0 Å². The van der Waals surface area contributed by atoms with Crippen molar-refractivity contribution in [3.05, 3.63) is 41.1 Å². The topological polar surface area (TPSA) is 39.2 Å². The molecule has 0 saturated heterocycles. The Hall–Kier alpha value is -2.11. The van der Waals surface area contributed by atoms with E-state index in [4.69, 9.17) is 0 Å². The second kappa shape index (κ2) is 5.71. The highest BCUT2D eigenvalue weighted by atomic mass is 19.4. The number of pyridine rings is 1. The minimum atomic E-state index is -4.46. The molecule has 0 atom stereocenters. The van der Waals surface area contributed by atoms with Gasteiger partial charge in [-0.1, -0.05) is 12.1 Å². The maximum absolute atomic E-state index is 13.0. The summed E-state index contributed by atoms with van der Waals surface area (Å²) in [5, 5.41) is 0.416. The zero-order valence-electron chi connectivity index (χ0n) is 11.6. The van der Waals surface area contributed by atoms with Crippen LogP contribution < -0.4 is 0 Å². The van der Waals surface area contributed by atoms with Crippen molar-refractivity contribution in [2.45, 2.75) is 25.9 Å². The van der Waals surface area contributed by atoms with Crippen LogP contribution in [0.5, 0.6) is 0 Å². The molecule has 6 heteroatoms. The number of fused-ring (bicyclic) bond motifs is 1. The van der Waals surface area contributed by atoms with Gasteiger partial charge >= 0.3 is 12.1 Å². The molecule has 21 heavy (non-hydrogen) atoms. The quantitative estimate of drug-likeness (QED) is 0.811. The Morgan fingerprint density at radius 1 is 1.33 bits per heavy atom. The summed E-state index contributed by atoms with van der Waals surface area (Å²) in [6.07, 6.45) is -4.03. The minimum Gasteiger partial charge on any atom is -0.469 e. The van der Waals surface area contributed by atoms with Crippen LogP contribution in [-0.4, -0.2) is 18.1 Å². The smallest absolute Gasteiger partial charge is 0.418 e. The van der Waals surface area contributed by atoms with Gasteiger partial charge in [0.05, 0.1) is 18.2 Å². The molecule has 1 aromatic heterocycles. The van der Waals surface area contributed by atoms with E-state index >= 15 is 0 Å². The maximum Gasteiger partial charge on any atom is 0.418 e. The lowest BCUT2D eigenvalue weighted by atomic mass is 10.0.